The van der Waals surface area contributed by atoms with Crippen LogP contribution in [0.25, 0.3) is 0 Å². The Balaban J connectivity index is 4.14. The van der Waals surface area contributed by atoms with Gasteiger partial charge in [-0.2, -0.15) is 0 Å². The van der Waals surface area contributed by atoms with Gasteiger partial charge in [-0.05, 0) is 26.2 Å². The van der Waals surface area contributed by atoms with Crippen LogP contribution in [0.3, 0.4) is 0 Å². The minimum Gasteiger partial charge on any atom is -0.363 e. The third-order valence-corrected chi connectivity index (χ3v) is 4.06. The van der Waals surface area contributed by atoms with Crippen LogP contribution in [0.2, 0.25) is 0 Å². The van der Waals surface area contributed by atoms with E-state index >= 15 is 0 Å². The fourth-order valence-corrected chi connectivity index (χ4v) is 1.54. The van der Waals surface area contributed by atoms with Crippen LogP contribution in [-0.2, 0) is 13.8 Å². The lowest BCUT2D eigenvalue weighted by molar-refractivity contribution is 0.0165. The molecule has 0 aromatic carbocycles. The molecule has 4 nitrogen and oxygen atoms in total. The standard InChI is InChI=1S/C9H21O4P/c1-8(2)6-7-13-9(3,4)14(10,11)12-5/h8H,6-7H2,1-5H3,(H,10,11). The molecule has 0 aliphatic heterocycles. The number of hydrogen-bond donors (Lipinski definition) is 1. The number of ether oxygens (including phenoxy) is 1. The molecule has 0 saturated carbocycles. The molecule has 0 saturated heterocycles. The molecule has 1 atom stereocenters. The zero-order chi connectivity index (χ0) is 11.4. The number of hydrogen-bond acceptors (Lipinski definition) is 3. The van der Waals surface area contributed by atoms with Crippen LogP contribution in [-0.4, -0.2) is 24.0 Å². The molecule has 86 valence electrons. The first kappa shape index (κ1) is 14.1. The Morgan fingerprint density at radius 2 is 1.93 bits per heavy atom. The third kappa shape index (κ3) is 4.09. The van der Waals surface area contributed by atoms with Gasteiger partial charge in [-0.1, -0.05) is 13.8 Å². The lowest BCUT2D eigenvalue weighted by atomic mass is 10.1. The molecule has 14 heavy (non-hydrogen) atoms. The highest BCUT2D eigenvalue weighted by atomic mass is 31.2. The molecular formula is C9H21O4P. The van der Waals surface area contributed by atoms with Gasteiger partial charge in [-0.25, -0.2) is 0 Å². The van der Waals surface area contributed by atoms with Gasteiger partial charge in [0.25, 0.3) is 0 Å². The van der Waals surface area contributed by atoms with Crippen molar-refractivity contribution in [2.75, 3.05) is 13.7 Å². The predicted octanol–water partition coefficient (Wildman–Crippen LogP) is 2.62. The summed E-state index contributed by atoms with van der Waals surface area (Å²) >= 11 is 0. The van der Waals surface area contributed by atoms with Gasteiger partial charge in [0.05, 0.1) is 0 Å². The average molecular weight is 224 g/mol. The molecule has 0 spiro atoms. The molecule has 0 heterocycles. The van der Waals surface area contributed by atoms with E-state index in [9.17, 15) is 9.46 Å². The van der Waals surface area contributed by atoms with Crippen LogP contribution in [0.5, 0.6) is 0 Å². The topological polar surface area (TPSA) is 55.8 Å². The Morgan fingerprint density at radius 1 is 1.43 bits per heavy atom. The lowest BCUT2D eigenvalue weighted by Crippen LogP contribution is -2.26. The first-order valence-corrected chi connectivity index (χ1v) is 6.33. The highest BCUT2D eigenvalue weighted by Crippen LogP contribution is 2.54. The van der Waals surface area contributed by atoms with Crippen LogP contribution in [0, 0.1) is 5.92 Å². The molecule has 0 radical (unpaired) electrons. The Morgan fingerprint density at radius 3 is 2.29 bits per heavy atom. The molecule has 0 aliphatic rings. The molecule has 0 aliphatic carbocycles. The van der Waals surface area contributed by atoms with E-state index < -0.39 is 12.9 Å². The molecular weight excluding hydrogens is 203 g/mol. The quantitative estimate of drug-likeness (QED) is 0.704. The van der Waals surface area contributed by atoms with E-state index in [1.165, 1.54) is 7.11 Å². The van der Waals surface area contributed by atoms with Gasteiger partial charge < -0.3 is 14.2 Å². The van der Waals surface area contributed by atoms with Gasteiger partial charge in [-0.3, -0.25) is 4.57 Å². The molecule has 0 bridgehead atoms. The predicted molar refractivity (Wildman–Crippen MR) is 56.3 cm³/mol. The molecule has 0 aromatic heterocycles. The van der Waals surface area contributed by atoms with Crippen molar-refractivity contribution >= 4 is 7.60 Å². The average Bonchev–Trinajstić information content (AvgIpc) is 2.03. The van der Waals surface area contributed by atoms with E-state index in [-0.39, 0.29) is 0 Å². The van der Waals surface area contributed by atoms with Gasteiger partial charge >= 0.3 is 7.60 Å². The Labute approximate surface area is 86.1 Å². The number of rotatable bonds is 6. The van der Waals surface area contributed by atoms with Crippen LogP contribution in [0.15, 0.2) is 0 Å². The summed E-state index contributed by atoms with van der Waals surface area (Å²) < 4.78 is 21.4. The summed E-state index contributed by atoms with van der Waals surface area (Å²) in [6.07, 6.45) is 0.868. The normalized spacial score (nSPS) is 17.1. The maximum absolute atomic E-state index is 11.5. The van der Waals surface area contributed by atoms with E-state index in [2.05, 4.69) is 18.4 Å². The zero-order valence-electron chi connectivity index (χ0n) is 9.61. The van der Waals surface area contributed by atoms with Crippen LogP contribution in [0.4, 0.5) is 0 Å². The van der Waals surface area contributed by atoms with E-state index in [1.54, 1.807) is 13.8 Å². The van der Waals surface area contributed by atoms with Crippen molar-refractivity contribution in [2.24, 2.45) is 5.92 Å². The Hall–Kier alpha value is 0.110. The van der Waals surface area contributed by atoms with Gasteiger partial charge in [-0.15, -0.1) is 0 Å². The first-order chi connectivity index (χ1) is 6.23. The summed E-state index contributed by atoms with van der Waals surface area (Å²) in [7, 11) is -2.44. The summed E-state index contributed by atoms with van der Waals surface area (Å²) in [5.74, 6) is 0.520. The van der Waals surface area contributed by atoms with Crippen molar-refractivity contribution in [3.8, 4) is 0 Å². The molecule has 0 rings (SSSR count). The summed E-state index contributed by atoms with van der Waals surface area (Å²) in [5, 5.41) is -1.13. The van der Waals surface area contributed by atoms with Gasteiger partial charge in [0, 0.05) is 13.7 Å². The van der Waals surface area contributed by atoms with Crippen LogP contribution >= 0.6 is 7.60 Å². The summed E-state index contributed by atoms with van der Waals surface area (Å²) in [6.45, 7) is 7.75. The second kappa shape index (κ2) is 5.26. The second-order valence-electron chi connectivity index (χ2n) is 4.18. The van der Waals surface area contributed by atoms with Gasteiger partial charge in [0.1, 0.15) is 0 Å². The maximum Gasteiger partial charge on any atom is 0.358 e. The zero-order valence-corrected chi connectivity index (χ0v) is 10.5. The van der Waals surface area contributed by atoms with E-state index in [1.807, 2.05) is 0 Å². The van der Waals surface area contributed by atoms with Gasteiger partial charge in [0.15, 0.2) is 5.34 Å². The first-order valence-electron chi connectivity index (χ1n) is 4.75. The molecule has 0 fully saturated rings. The van der Waals surface area contributed by atoms with Crippen molar-refractivity contribution in [2.45, 2.75) is 39.5 Å². The smallest absolute Gasteiger partial charge is 0.358 e. The lowest BCUT2D eigenvalue weighted by Gasteiger charge is -2.28. The molecule has 0 amide bonds. The minimum absolute atomic E-state index is 0.471. The van der Waals surface area contributed by atoms with E-state index in [0.29, 0.717) is 12.5 Å². The van der Waals surface area contributed by atoms with Gasteiger partial charge in [0.2, 0.25) is 0 Å². The Bertz CT molecular complexity index is 213. The van der Waals surface area contributed by atoms with Crippen molar-refractivity contribution in [3.05, 3.63) is 0 Å². The molecule has 1 unspecified atom stereocenters. The summed E-state index contributed by atoms with van der Waals surface area (Å²) in [6, 6.07) is 0. The summed E-state index contributed by atoms with van der Waals surface area (Å²) in [5.41, 5.74) is 0. The third-order valence-electron chi connectivity index (χ3n) is 2.08. The van der Waals surface area contributed by atoms with Crippen molar-refractivity contribution in [1.82, 2.24) is 0 Å². The molecule has 5 heteroatoms. The maximum atomic E-state index is 11.5. The van der Waals surface area contributed by atoms with Crippen LogP contribution in [0.1, 0.15) is 34.1 Å². The SMILES string of the molecule is COP(=O)(O)C(C)(C)OCCC(C)C. The van der Waals surface area contributed by atoms with Crippen LogP contribution < -0.4 is 0 Å². The second-order valence-corrected chi connectivity index (χ2v) is 6.66. The fourth-order valence-electron chi connectivity index (χ4n) is 0.846. The van der Waals surface area contributed by atoms with Crippen molar-refractivity contribution in [1.29, 1.82) is 0 Å². The highest BCUT2D eigenvalue weighted by molar-refractivity contribution is 7.54. The van der Waals surface area contributed by atoms with Crippen molar-refractivity contribution < 1.29 is 18.7 Å². The largest absolute Gasteiger partial charge is 0.363 e. The van der Waals surface area contributed by atoms with Crippen molar-refractivity contribution in [3.63, 3.8) is 0 Å². The molecule has 0 aromatic rings. The van der Waals surface area contributed by atoms with E-state index in [0.717, 1.165) is 6.42 Å². The minimum atomic E-state index is -3.66. The molecule has 1 N–H and O–H groups in total. The van der Waals surface area contributed by atoms with E-state index in [4.69, 9.17) is 4.74 Å². The fraction of sp³-hybridized carbons (Fsp3) is 1.00. The Kier molecular flexibility index (Phi) is 5.31. The summed E-state index contributed by atoms with van der Waals surface area (Å²) in [4.78, 5) is 9.42. The highest BCUT2D eigenvalue weighted by Gasteiger charge is 2.40. The monoisotopic (exact) mass is 224 g/mol.